The van der Waals surface area contributed by atoms with Crippen LogP contribution in [-0.4, -0.2) is 46.3 Å². The number of carbonyl (C=O) groups is 1. The predicted molar refractivity (Wildman–Crippen MR) is 78.0 cm³/mol. The van der Waals surface area contributed by atoms with Gasteiger partial charge in [0.1, 0.15) is 0 Å². The molecule has 4 rings (SSSR count). The smallest absolute Gasteiger partial charge is 0.226 e. The van der Waals surface area contributed by atoms with Crippen LogP contribution in [0.25, 0.3) is 0 Å². The van der Waals surface area contributed by atoms with Crippen molar-refractivity contribution in [3.63, 3.8) is 0 Å². The highest BCUT2D eigenvalue weighted by Gasteiger charge is 2.44. The van der Waals surface area contributed by atoms with Gasteiger partial charge in [0.25, 0.3) is 0 Å². The van der Waals surface area contributed by atoms with E-state index in [2.05, 4.69) is 22.3 Å². The Hall–Kier alpha value is -1.69. The summed E-state index contributed by atoms with van der Waals surface area (Å²) in [5.41, 5.74) is 0. The number of carbonyl (C=O) groups excluding carboxylic acids is 1. The van der Waals surface area contributed by atoms with Gasteiger partial charge in [0.05, 0.1) is 18.6 Å². The first-order valence-electron chi connectivity index (χ1n) is 8.07. The Balaban J connectivity index is 1.31. The van der Waals surface area contributed by atoms with Crippen LogP contribution in [0, 0.1) is 18.8 Å². The molecule has 2 aliphatic heterocycles. The zero-order valence-corrected chi connectivity index (χ0v) is 12.8. The van der Waals surface area contributed by atoms with Crippen molar-refractivity contribution < 1.29 is 13.9 Å². The lowest BCUT2D eigenvalue weighted by Gasteiger charge is -2.22. The Morgan fingerprint density at radius 1 is 1.32 bits per heavy atom. The quantitative estimate of drug-likeness (QED) is 0.792. The molecule has 6 nitrogen and oxygen atoms in total. The Morgan fingerprint density at radius 3 is 2.82 bits per heavy atom. The van der Waals surface area contributed by atoms with E-state index in [1.165, 1.54) is 0 Å². The maximum atomic E-state index is 12.5. The molecule has 1 aliphatic carbocycles. The first-order valence-corrected chi connectivity index (χ1v) is 8.07. The molecule has 0 unspecified atom stereocenters. The molecule has 6 heteroatoms. The third-order valence-electron chi connectivity index (χ3n) is 4.95. The Kier molecular flexibility index (Phi) is 3.48. The molecule has 0 spiro atoms. The monoisotopic (exact) mass is 303 g/mol. The molecule has 0 N–H and O–H groups in total. The Bertz CT molecular complexity index is 575. The molecule has 2 fully saturated rings. The average Bonchev–Trinajstić information content (AvgIpc) is 3.21. The minimum Gasteiger partial charge on any atom is -0.426 e. The van der Waals surface area contributed by atoms with Crippen molar-refractivity contribution in [3.05, 3.63) is 23.9 Å². The van der Waals surface area contributed by atoms with E-state index in [1.807, 2.05) is 4.90 Å². The third-order valence-corrected chi connectivity index (χ3v) is 4.95. The topological polar surface area (TPSA) is 68.5 Å². The Labute approximate surface area is 129 Å². The van der Waals surface area contributed by atoms with Crippen molar-refractivity contribution in [1.29, 1.82) is 0 Å². The van der Waals surface area contributed by atoms with E-state index in [4.69, 9.17) is 9.15 Å². The van der Waals surface area contributed by atoms with Crippen LogP contribution in [0.5, 0.6) is 0 Å². The number of allylic oxidation sites excluding steroid dienone is 2. The first-order chi connectivity index (χ1) is 10.7. The van der Waals surface area contributed by atoms with Gasteiger partial charge in [0, 0.05) is 31.8 Å². The van der Waals surface area contributed by atoms with Crippen molar-refractivity contribution in [2.45, 2.75) is 44.8 Å². The number of aromatic nitrogens is 2. The SMILES string of the molecule is Cc1nnc(C[C@@H]2C[C@@H]3CN(C(=O)C4CC=CC4)C[C@@H]3O2)o1. The van der Waals surface area contributed by atoms with E-state index in [1.54, 1.807) is 6.92 Å². The molecule has 118 valence electrons. The van der Waals surface area contributed by atoms with E-state index in [0.29, 0.717) is 30.0 Å². The number of nitrogens with zero attached hydrogens (tertiary/aromatic N) is 3. The highest BCUT2D eigenvalue weighted by Crippen LogP contribution is 2.35. The summed E-state index contributed by atoms with van der Waals surface area (Å²) in [5.74, 6) is 2.15. The van der Waals surface area contributed by atoms with Gasteiger partial charge >= 0.3 is 0 Å². The molecule has 0 bridgehead atoms. The molecule has 22 heavy (non-hydrogen) atoms. The minimum atomic E-state index is 0.139. The van der Waals surface area contributed by atoms with Crippen LogP contribution in [-0.2, 0) is 16.0 Å². The molecule has 0 radical (unpaired) electrons. The van der Waals surface area contributed by atoms with E-state index in [9.17, 15) is 4.79 Å². The fourth-order valence-corrected chi connectivity index (χ4v) is 3.87. The van der Waals surface area contributed by atoms with Gasteiger partial charge in [0.15, 0.2) is 0 Å². The van der Waals surface area contributed by atoms with E-state index in [-0.39, 0.29) is 18.1 Å². The lowest BCUT2D eigenvalue weighted by atomic mass is 10.0. The second kappa shape index (κ2) is 5.50. The summed E-state index contributed by atoms with van der Waals surface area (Å²) >= 11 is 0. The summed E-state index contributed by atoms with van der Waals surface area (Å²) in [4.78, 5) is 14.5. The number of fused-ring (bicyclic) bond motifs is 1. The number of likely N-dealkylation sites (tertiary alicyclic amines) is 1. The summed E-state index contributed by atoms with van der Waals surface area (Å²) in [6.45, 7) is 3.36. The van der Waals surface area contributed by atoms with Crippen LogP contribution in [0.1, 0.15) is 31.0 Å². The lowest BCUT2D eigenvalue weighted by Crippen LogP contribution is -2.35. The maximum Gasteiger partial charge on any atom is 0.226 e. The summed E-state index contributed by atoms with van der Waals surface area (Å²) in [6, 6.07) is 0. The van der Waals surface area contributed by atoms with Gasteiger partial charge in [-0.2, -0.15) is 0 Å². The summed E-state index contributed by atoms with van der Waals surface area (Å²) in [6.07, 6.45) is 7.96. The minimum absolute atomic E-state index is 0.139. The fourth-order valence-electron chi connectivity index (χ4n) is 3.87. The molecular formula is C16H21N3O3. The van der Waals surface area contributed by atoms with Crippen LogP contribution in [0.4, 0.5) is 0 Å². The predicted octanol–water partition coefficient (Wildman–Crippen LogP) is 1.50. The van der Waals surface area contributed by atoms with Gasteiger partial charge in [-0.3, -0.25) is 4.79 Å². The highest BCUT2D eigenvalue weighted by molar-refractivity contribution is 5.80. The van der Waals surface area contributed by atoms with Gasteiger partial charge < -0.3 is 14.1 Å². The van der Waals surface area contributed by atoms with Gasteiger partial charge in [-0.1, -0.05) is 12.2 Å². The van der Waals surface area contributed by atoms with Crippen molar-refractivity contribution in [1.82, 2.24) is 15.1 Å². The van der Waals surface area contributed by atoms with Crippen LogP contribution in [0.3, 0.4) is 0 Å². The van der Waals surface area contributed by atoms with Gasteiger partial charge in [-0.15, -0.1) is 10.2 Å². The lowest BCUT2D eigenvalue weighted by molar-refractivity contribution is -0.135. The molecule has 1 aromatic rings. The molecule has 2 saturated heterocycles. The number of rotatable bonds is 3. The molecule has 1 amide bonds. The standard InChI is InChI=1S/C16H21N3O3/c1-10-17-18-15(21-10)7-13-6-12-8-19(9-14(12)22-13)16(20)11-4-2-3-5-11/h2-3,11-14H,4-9H2,1H3/t12-,13+,14+/m1/s1. The zero-order valence-electron chi connectivity index (χ0n) is 12.8. The summed E-state index contributed by atoms with van der Waals surface area (Å²) < 4.78 is 11.5. The number of ether oxygens (including phenoxy) is 1. The van der Waals surface area contributed by atoms with Gasteiger partial charge in [-0.05, 0) is 19.3 Å². The number of aryl methyl sites for hydroxylation is 1. The molecule has 1 aromatic heterocycles. The van der Waals surface area contributed by atoms with E-state index in [0.717, 1.165) is 32.4 Å². The normalized spacial score (nSPS) is 31.1. The number of amides is 1. The molecule has 0 saturated carbocycles. The second-order valence-corrected chi connectivity index (χ2v) is 6.59. The molecule has 3 atom stereocenters. The first kappa shape index (κ1) is 13.9. The fraction of sp³-hybridized carbons (Fsp3) is 0.688. The number of hydrogen-bond acceptors (Lipinski definition) is 5. The molecular weight excluding hydrogens is 282 g/mol. The Morgan fingerprint density at radius 2 is 2.14 bits per heavy atom. The zero-order chi connectivity index (χ0) is 15.1. The van der Waals surface area contributed by atoms with Crippen molar-refractivity contribution in [3.8, 4) is 0 Å². The summed E-state index contributed by atoms with van der Waals surface area (Å²) in [7, 11) is 0. The maximum absolute atomic E-state index is 12.5. The van der Waals surface area contributed by atoms with Crippen LogP contribution >= 0.6 is 0 Å². The summed E-state index contributed by atoms with van der Waals surface area (Å²) in [5, 5.41) is 7.88. The third kappa shape index (κ3) is 2.56. The highest BCUT2D eigenvalue weighted by atomic mass is 16.5. The second-order valence-electron chi connectivity index (χ2n) is 6.59. The van der Waals surface area contributed by atoms with Gasteiger partial charge in [0.2, 0.25) is 17.7 Å². The van der Waals surface area contributed by atoms with Crippen LogP contribution in [0.2, 0.25) is 0 Å². The van der Waals surface area contributed by atoms with Gasteiger partial charge in [-0.25, -0.2) is 0 Å². The van der Waals surface area contributed by atoms with Crippen molar-refractivity contribution >= 4 is 5.91 Å². The van der Waals surface area contributed by atoms with E-state index < -0.39 is 0 Å². The van der Waals surface area contributed by atoms with Crippen molar-refractivity contribution in [2.24, 2.45) is 11.8 Å². The van der Waals surface area contributed by atoms with Crippen molar-refractivity contribution in [2.75, 3.05) is 13.1 Å². The molecule has 0 aromatic carbocycles. The molecule has 3 aliphatic rings. The molecule has 3 heterocycles. The number of hydrogen-bond donors (Lipinski definition) is 0. The van der Waals surface area contributed by atoms with Crippen LogP contribution < -0.4 is 0 Å². The average molecular weight is 303 g/mol. The van der Waals surface area contributed by atoms with E-state index >= 15 is 0 Å². The largest absolute Gasteiger partial charge is 0.426 e. The van der Waals surface area contributed by atoms with Crippen LogP contribution in [0.15, 0.2) is 16.6 Å².